The lowest BCUT2D eigenvalue weighted by molar-refractivity contribution is 0.457. The number of nitrogens with zero attached hydrogens (tertiary/aromatic N) is 1. The topological polar surface area (TPSA) is 74.2 Å². The van der Waals surface area contributed by atoms with Crippen LogP contribution in [0.2, 0.25) is 0 Å². The molecule has 0 aliphatic rings. The lowest BCUT2D eigenvalue weighted by Crippen LogP contribution is -2.13. The van der Waals surface area contributed by atoms with Crippen molar-refractivity contribution in [1.82, 2.24) is 4.98 Å². The van der Waals surface area contributed by atoms with E-state index in [9.17, 15) is 0 Å². The van der Waals surface area contributed by atoms with Crippen molar-refractivity contribution >= 4 is 11.4 Å². The van der Waals surface area contributed by atoms with E-state index in [0.717, 1.165) is 36.9 Å². The summed E-state index contributed by atoms with van der Waals surface area (Å²) in [7, 11) is 0. The Labute approximate surface area is 151 Å². The van der Waals surface area contributed by atoms with Crippen molar-refractivity contribution in [2.75, 3.05) is 11.5 Å². The van der Waals surface area contributed by atoms with Crippen LogP contribution in [0.15, 0.2) is 30.3 Å². The van der Waals surface area contributed by atoms with Gasteiger partial charge in [-0.25, -0.2) is 4.98 Å². The molecule has 1 heterocycles. The summed E-state index contributed by atoms with van der Waals surface area (Å²) in [6.45, 7) is 8.86. The van der Waals surface area contributed by atoms with Crippen LogP contribution in [0.25, 0.3) is 0 Å². The van der Waals surface area contributed by atoms with Crippen LogP contribution < -0.4 is 16.2 Å². The normalized spacial score (nSPS) is 13.4. The minimum atomic E-state index is 0.412. The summed E-state index contributed by atoms with van der Waals surface area (Å²) in [6, 6.07) is 9.57. The molecule has 0 amide bonds. The summed E-state index contributed by atoms with van der Waals surface area (Å²) >= 11 is 0. The molecule has 136 valence electrons. The molecular formula is C21H31N3O. The second-order valence-electron chi connectivity index (χ2n) is 7.02. The van der Waals surface area contributed by atoms with Gasteiger partial charge in [-0.3, -0.25) is 0 Å². The van der Waals surface area contributed by atoms with E-state index < -0.39 is 0 Å². The summed E-state index contributed by atoms with van der Waals surface area (Å²) in [5, 5.41) is 0. The molecule has 2 rings (SSSR count). The van der Waals surface area contributed by atoms with Crippen molar-refractivity contribution in [2.24, 2.45) is 11.8 Å². The first-order valence-corrected chi connectivity index (χ1v) is 9.25. The van der Waals surface area contributed by atoms with Crippen LogP contribution in [0.5, 0.6) is 11.6 Å². The van der Waals surface area contributed by atoms with Gasteiger partial charge in [-0.05, 0) is 42.4 Å². The molecule has 25 heavy (non-hydrogen) atoms. The molecule has 0 fully saturated rings. The molecule has 4 nitrogen and oxygen atoms in total. The molecule has 2 atom stereocenters. The maximum Gasteiger partial charge on any atom is 0.245 e. The van der Waals surface area contributed by atoms with E-state index in [2.05, 4.69) is 27.7 Å². The first-order valence-electron chi connectivity index (χ1n) is 9.25. The van der Waals surface area contributed by atoms with Gasteiger partial charge in [0.2, 0.25) is 5.88 Å². The van der Waals surface area contributed by atoms with Gasteiger partial charge in [-0.1, -0.05) is 58.7 Å². The number of pyridine rings is 1. The third-order valence-electron chi connectivity index (χ3n) is 4.88. The Kier molecular flexibility index (Phi) is 6.68. The third kappa shape index (κ3) is 4.88. The van der Waals surface area contributed by atoms with E-state index in [1.807, 2.05) is 30.3 Å². The number of aromatic nitrogens is 1. The predicted molar refractivity (Wildman–Crippen MR) is 106 cm³/mol. The minimum Gasteiger partial charge on any atom is -0.437 e. The Morgan fingerprint density at radius 2 is 1.52 bits per heavy atom. The lowest BCUT2D eigenvalue weighted by atomic mass is 9.92. The van der Waals surface area contributed by atoms with Gasteiger partial charge in [0.25, 0.3) is 0 Å². The highest BCUT2D eigenvalue weighted by Gasteiger charge is 2.20. The van der Waals surface area contributed by atoms with Gasteiger partial charge < -0.3 is 16.2 Å². The van der Waals surface area contributed by atoms with Crippen LogP contribution in [-0.4, -0.2) is 4.98 Å². The Morgan fingerprint density at radius 3 is 2.12 bits per heavy atom. The molecule has 0 radical (unpaired) electrons. The van der Waals surface area contributed by atoms with Gasteiger partial charge in [-0.2, -0.15) is 0 Å². The number of anilines is 2. The molecule has 0 saturated heterocycles. The van der Waals surface area contributed by atoms with Crippen LogP contribution in [0.3, 0.4) is 0 Å². The van der Waals surface area contributed by atoms with E-state index >= 15 is 0 Å². The fourth-order valence-corrected chi connectivity index (χ4v) is 2.73. The van der Waals surface area contributed by atoms with Gasteiger partial charge >= 0.3 is 0 Å². The monoisotopic (exact) mass is 341 g/mol. The molecule has 4 N–H and O–H groups in total. The van der Waals surface area contributed by atoms with Gasteiger partial charge in [0.1, 0.15) is 11.4 Å². The second kappa shape index (κ2) is 8.75. The summed E-state index contributed by atoms with van der Waals surface area (Å²) in [6.07, 6.45) is 3.99. The summed E-state index contributed by atoms with van der Waals surface area (Å²) in [4.78, 5) is 4.78. The molecule has 1 aromatic carbocycles. The van der Waals surface area contributed by atoms with Crippen LogP contribution in [-0.2, 0) is 12.8 Å². The first kappa shape index (κ1) is 19.1. The van der Waals surface area contributed by atoms with E-state index in [4.69, 9.17) is 21.2 Å². The summed E-state index contributed by atoms with van der Waals surface area (Å²) in [5.41, 5.74) is 15.9. The Hall–Kier alpha value is -2.23. The molecular weight excluding hydrogens is 310 g/mol. The molecule has 4 heteroatoms. The number of para-hydroxylation sites is 1. The van der Waals surface area contributed by atoms with Crippen molar-refractivity contribution in [2.45, 2.75) is 53.4 Å². The number of rotatable bonds is 8. The van der Waals surface area contributed by atoms with Crippen LogP contribution in [0.4, 0.5) is 11.4 Å². The van der Waals surface area contributed by atoms with E-state index in [0.29, 0.717) is 34.8 Å². The van der Waals surface area contributed by atoms with E-state index in [1.165, 1.54) is 0 Å². The zero-order valence-electron chi connectivity index (χ0n) is 15.9. The standard InChI is InChI=1S/C21H31N3O/c1-5-14(3)12-17-18(13-15(4)6-2)24-21(20(23)19(17)22)25-16-10-8-7-9-11-16/h7-11,14-15H,5-6,12-13,23H2,1-4H3,(H2,22,24). The summed E-state index contributed by atoms with van der Waals surface area (Å²) < 4.78 is 5.92. The number of benzene rings is 1. The highest BCUT2D eigenvalue weighted by atomic mass is 16.5. The second-order valence-corrected chi connectivity index (χ2v) is 7.02. The molecule has 0 saturated carbocycles. The largest absolute Gasteiger partial charge is 0.437 e. The Bertz CT molecular complexity index is 685. The van der Waals surface area contributed by atoms with Crippen molar-refractivity contribution in [3.63, 3.8) is 0 Å². The smallest absolute Gasteiger partial charge is 0.245 e. The number of nitrogen functional groups attached to an aromatic ring is 2. The molecule has 2 aromatic rings. The minimum absolute atomic E-state index is 0.412. The average molecular weight is 341 g/mol. The molecule has 0 aliphatic heterocycles. The highest BCUT2D eigenvalue weighted by molar-refractivity contribution is 5.73. The number of hydrogen-bond acceptors (Lipinski definition) is 4. The van der Waals surface area contributed by atoms with E-state index in [-0.39, 0.29) is 0 Å². The lowest BCUT2D eigenvalue weighted by Gasteiger charge is -2.20. The van der Waals surface area contributed by atoms with Crippen molar-refractivity contribution < 1.29 is 4.74 Å². The van der Waals surface area contributed by atoms with Crippen molar-refractivity contribution in [3.8, 4) is 11.6 Å². The fourth-order valence-electron chi connectivity index (χ4n) is 2.73. The maximum atomic E-state index is 6.41. The predicted octanol–water partition coefficient (Wildman–Crippen LogP) is 5.22. The number of nitrogens with two attached hydrogens (primary N) is 2. The Balaban J connectivity index is 2.44. The van der Waals surface area contributed by atoms with Crippen molar-refractivity contribution in [3.05, 3.63) is 41.6 Å². The molecule has 0 spiro atoms. The quantitative estimate of drug-likeness (QED) is 0.690. The zero-order chi connectivity index (χ0) is 18.4. The van der Waals surface area contributed by atoms with Crippen LogP contribution in [0, 0.1) is 11.8 Å². The fraction of sp³-hybridized carbons (Fsp3) is 0.476. The van der Waals surface area contributed by atoms with Gasteiger partial charge in [-0.15, -0.1) is 0 Å². The van der Waals surface area contributed by atoms with Gasteiger partial charge in [0.05, 0.1) is 11.4 Å². The zero-order valence-corrected chi connectivity index (χ0v) is 15.9. The number of hydrogen-bond donors (Lipinski definition) is 2. The van der Waals surface area contributed by atoms with Crippen LogP contribution in [0.1, 0.15) is 51.8 Å². The number of ether oxygens (including phenoxy) is 1. The van der Waals surface area contributed by atoms with Gasteiger partial charge in [0, 0.05) is 0 Å². The molecule has 0 aliphatic carbocycles. The molecule has 1 aromatic heterocycles. The highest BCUT2D eigenvalue weighted by Crippen LogP contribution is 2.36. The average Bonchev–Trinajstić information content (AvgIpc) is 2.63. The van der Waals surface area contributed by atoms with Gasteiger partial charge in [0.15, 0.2) is 0 Å². The first-order chi connectivity index (χ1) is 12.0. The maximum absolute atomic E-state index is 6.41. The van der Waals surface area contributed by atoms with Crippen LogP contribution >= 0.6 is 0 Å². The molecule has 2 unspecified atom stereocenters. The van der Waals surface area contributed by atoms with E-state index in [1.54, 1.807) is 0 Å². The molecule has 0 bridgehead atoms. The Morgan fingerprint density at radius 1 is 0.920 bits per heavy atom. The summed E-state index contributed by atoms with van der Waals surface area (Å²) in [5.74, 6) is 2.20. The SMILES string of the molecule is CCC(C)Cc1nc(Oc2ccccc2)c(N)c(N)c1CC(C)CC. The van der Waals surface area contributed by atoms with Crippen molar-refractivity contribution in [1.29, 1.82) is 0 Å². The third-order valence-corrected chi connectivity index (χ3v) is 4.88.